The Kier molecular flexibility index (Phi) is 6.34. The van der Waals surface area contributed by atoms with Crippen LogP contribution in [0.4, 0.5) is 57.1 Å². The van der Waals surface area contributed by atoms with Gasteiger partial charge >= 0.3 is 35.8 Å². The van der Waals surface area contributed by atoms with Gasteiger partial charge in [-0.05, 0) is 12.0 Å². The third-order valence-corrected chi connectivity index (χ3v) is 3.84. The van der Waals surface area contributed by atoms with E-state index >= 15 is 0 Å². The number of aldehydes is 1. The molecule has 0 radical (unpaired) electrons. The van der Waals surface area contributed by atoms with Crippen molar-refractivity contribution in [1.82, 2.24) is 0 Å². The van der Waals surface area contributed by atoms with Crippen molar-refractivity contribution in [3.8, 4) is 0 Å². The molecule has 0 heterocycles. The number of hydrogen-bond donors (Lipinski definition) is 0. The van der Waals surface area contributed by atoms with Crippen LogP contribution < -0.4 is 0 Å². The molecule has 0 unspecified atom stereocenters. The first-order chi connectivity index (χ1) is 12.8. The van der Waals surface area contributed by atoms with Crippen LogP contribution in [0.15, 0.2) is 24.3 Å². The van der Waals surface area contributed by atoms with Crippen molar-refractivity contribution in [3.63, 3.8) is 0 Å². The highest BCUT2D eigenvalue weighted by molar-refractivity contribution is 5.74. The Hall–Kier alpha value is -2.02. The van der Waals surface area contributed by atoms with Crippen LogP contribution >= 0.6 is 0 Å². The highest BCUT2D eigenvalue weighted by Crippen LogP contribution is 2.60. The fraction of sp³-hybridized carbons (Fsp3) is 0.533. The maximum Gasteiger partial charge on any atom is 0.460 e. The molecule has 0 saturated heterocycles. The SMILES string of the molecule is O=Cc1ccc(CCC(F)(F)C(F)(F)C(F)(F)C(F)(F)C(F)(F)C(F)(F)F)cc1. The second kappa shape index (κ2) is 7.35. The molecule has 0 amide bonds. The first-order valence-corrected chi connectivity index (χ1v) is 7.26. The highest BCUT2D eigenvalue weighted by Gasteiger charge is 2.90. The lowest BCUT2D eigenvalue weighted by atomic mass is 9.91. The molecule has 0 N–H and O–H groups in total. The fourth-order valence-corrected chi connectivity index (χ4v) is 2.02. The zero-order chi connectivity index (χ0) is 23.1. The average molecular weight is 452 g/mol. The Morgan fingerprint density at radius 3 is 1.41 bits per heavy atom. The van der Waals surface area contributed by atoms with Gasteiger partial charge in [-0.2, -0.15) is 57.1 Å². The predicted octanol–water partition coefficient (Wildman–Crippen LogP) is 6.17. The van der Waals surface area contributed by atoms with E-state index in [1.165, 1.54) is 0 Å². The zero-order valence-electron chi connectivity index (χ0n) is 13.6. The Morgan fingerprint density at radius 1 is 0.621 bits per heavy atom. The Labute approximate surface area is 153 Å². The van der Waals surface area contributed by atoms with Crippen molar-refractivity contribution in [2.24, 2.45) is 0 Å². The number of benzene rings is 1. The summed E-state index contributed by atoms with van der Waals surface area (Å²) in [6, 6.07) is 3.85. The van der Waals surface area contributed by atoms with E-state index in [4.69, 9.17) is 0 Å². The predicted molar refractivity (Wildman–Crippen MR) is 70.9 cm³/mol. The molecule has 1 aromatic rings. The van der Waals surface area contributed by atoms with E-state index in [2.05, 4.69) is 0 Å². The Bertz CT molecular complexity index is 719. The lowest BCUT2D eigenvalue weighted by Gasteiger charge is -2.39. The number of rotatable bonds is 8. The topological polar surface area (TPSA) is 17.1 Å². The first kappa shape index (κ1) is 25.0. The Balaban J connectivity index is 3.21. The summed E-state index contributed by atoms with van der Waals surface area (Å²) in [5.74, 6) is -36.8. The largest absolute Gasteiger partial charge is 0.460 e. The number of alkyl halides is 13. The van der Waals surface area contributed by atoms with E-state index in [0.717, 1.165) is 24.3 Å². The van der Waals surface area contributed by atoms with E-state index < -0.39 is 48.6 Å². The van der Waals surface area contributed by atoms with Crippen LogP contribution in [0.25, 0.3) is 0 Å². The molecule has 166 valence electrons. The molecule has 0 aliphatic rings. The smallest absolute Gasteiger partial charge is 0.298 e. The Morgan fingerprint density at radius 2 is 1.03 bits per heavy atom. The van der Waals surface area contributed by atoms with Gasteiger partial charge in [0.05, 0.1) is 0 Å². The van der Waals surface area contributed by atoms with Gasteiger partial charge < -0.3 is 0 Å². The molecule has 14 heteroatoms. The van der Waals surface area contributed by atoms with Crippen LogP contribution in [-0.2, 0) is 6.42 Å². The second-order valence-electron chi connectivity index (χ2n) is 5.86. The second-order valence-corrected chi connectivity index (χ2v) is 5.86. The van der Waals surface area contributed by atoms with Gasteiger partial charge in [-0.15, -0.1) is 0 Å². The van der Waals surface area contributed by atoms with Crippen molar-refractivity contribution in [1.29, 1.82) is 0 Å². The van der Waals surface area contributed by atoms with Crippen LogP contribution in [0, 0.1) is 0 Å². The molecule has 1 aromatic carbocycles. The summed E-state index contributed by atoms with van der Waals surface area (Å²) in [4.78, 5) is 10.4. The minimum Gasteiger partial charge on any atom is -0.298 e. The van der Waals surface area contributed by atoms with Crippen LogP contribution in [0.5, 0.6) is 0 Å². The lowest BCUT2D eigenvalue weighted by molar-refractivity contribution is -0.440. The summed E-state index contributed by atoms with van der Waals surface area (Å²) in [5.41, 5.74) is -0.256. The van der Waals surface area contributed by atoms with E-state index in [0.29, 0.717) is 6.29 Å². The highest BCUT2D eigenvalue weighted by atomic mass is 19.4. The number of halogens is 13. The molecule has 0 spiro atoms. The quantitative estimate of drug-likeness (QED) is 0.341. The van der Waals surface area contributed by atoms with E-state index in [-0.39, 0.29) is 11.1 Å². The minimum atomic E-state index is -7.89. The van der Waals surface area contributed by atoms with Crippen molar-refractivity contribution in [3.05, 3.63) is 35.4 Å². The van der Waals surface area contributed by atoms with E-state index in [9.17, 15) is 61.9 Å². The maximum atomic E-state index is 13.6. The molecular formula is C15H9F13O. The molecule has 0 aliphatic heterocycles. The maximum absolute atomic E-state index is 13.6. The van der Waals surface area contributed by atoms with Gasteiger partial charge in [0.15, 0.2) is 0 Å². The molecule has 0 bridgehead atoms. The van der Waals surface area contributed by atoms with Crippen LogP contribution in [0.1, 0.15) is 22.3 Å². The molecule has 0 saturated carbocycles. The monoisotopic (exact) mass is 452 g/mol. The molecule has 0 fully saturated rings. The average Bonchev–Trinajstić information content (AvgIpc) is 2.58. The molecule has 1 rings (SSSR count). The minimum absolute atomic E-state index is 0.00592. The molecular weight excluding hydrogens is 443 g/mol. The number of hydrogen-bond acceptors (Lipinski definition) is 1. The summed E-state index contributed by atoms with van der Waals surface area (Å²) < 4.78 is 168. The fourth-order valence-electron chi connectivity index (χ4n) is 2.02. The molecule has 0 aliphatic carbocycles. The van der Waals surface area contributed by atoms with E-state index in [1.807, 2.05) is 0 Å². The van der Waals surface area contributed by atoms with Crippen LogP contribution in [0.3, 0.4) is 0 Å². The van der Waals surface area contributed by atoms with Gasteiger partial charge in [-0.25, -0.2) is 0 Å². The van der Waals surface area contributed by atoms with Gasteiger partial charge in [-0.1, -0.05) is 24.3 Å². The van der Waals surface area contributed by atoms with Gasteiger partial charge in [0, 0.05) is 12.0 Å². The lowest BCUT2D eigenvalue weighted by Crippen LogP contribution is -2.70. The van der Waals surface area contributed by atoms with Crippen molar-refractivity contribution in [2.75, 3.05) is 0 Å². The van der Waals surface area contributed by atoms with Crippen molar-refractivity contribution >= 4 is 6.29 Å². The third-order valence-electron chi connectivity index (χ3n) is 3.84. The zero-order valence-corrected chi connectivity index (χ0v) is 13.6. The van der Waals surface area contributed by atoms with Crippen LogP contribution in [-0.4, -0.2) is 42.1 Å². The van der Waals surface area contributed by atoms with Gasteiger partial charge in [-0.3, -0.25) is 4.79 Å². The molecule has 29 heavy (non-hydrogen) atoms. The standard InChI is InChI=1S/C15H9F13O/c16-10(17,6-5-8-1-3-9(7-29)4-2-8)11(18,19)12(20,21)13(22,23)14(24,25)15(26,27)28/h1-4,7H,5-6H2. The summed E-state index contributed by atoms with van der Waals surface area (Å²) in [7, 11) is 0. The van der Waals surface area contributed by atoms with Gasteiger partial charge in [0.1, 0.15) is 6.29 Å². The molecule has 1 nitrogen and oxygen atoms in total. The summed E-state index contributed by atoms with van der Waals surface area (Å²) in [5, 5.41) is 0. The van der Waals surface area contributed by atoms with Gasteiger partial charge in [0.2, 0.25) is 0 Å². The first-order valence-electron chi connectivity index (χ1n) is 7.26. The summed E-state index contributed by atoms with van der Waals surface area (Å²) in [6.45, 7) is 0. The van der Waals surface area contributed by atoms with E-state index in [1.54, 1.807) is 0 Å². The summed E-state index contributed by atoms with van der Waals surface area (Å²) >= 11 is 0. The molecule has 0 atom stereocenters. The number of carbonyl (C=O) groups is 1. The number of carbonyl (C=O) groups excluding carboxylic acids is 1. The summed E-state index contributed by atoms with van der Waals surface area (Å²) in [6.07, 6.45) is -10.6. The van der Waals surface area contributed by atoms with Gasteiger partial charge in [0.25, 0.3) is 0 Å². The number of aryl methyl sites for hydroxylation is 1. The molecule has 0 aromatic heterocycles. The third kappa shape index (κ3) is 4.02. The van der Waals surface area contributed by atoms with Crippen LogP contribution in [0.2, 0.25) is 0 Å². The van der Waals surface area contributed by atoms with Crippen molar-refractivity contribution in [2.45, 2.75) is 48.6 Å². The normalized spacial score (nSPS) is 14.8. The van der Waals surface area contributed by atoms with Crippen molar-refractivity contribution < 1.29 is 61.9 Å².